The number of halogens is 1. The van der Waals surface area contributed by atoms with E-state index < -0.39 is 12.0 Å². The molecule has 3 nitrogen and oxygen atoms in total. The van der Waals surface area contributed by atoms with Crippen molar-refractivity contribution in [3.8, 4) is 0 Å². The van der Waals surface area contributed by atoms with E-state index in [1.54, 1.807) is 13.0 Å². The number of hydrogen-bond acceptors (Lipinski definition) is 2. The standard InChI is InChI=1S/C13H18FNO2/c1-3-4-5-12(13(16)17)15-11-7-6-10(14)8-9(11)2/h6-8,12,15H,3-5H2,1-2H3,(H,16,17). The van der Waals surface area contributed by atoms with E-state index in [1.165, 1.54) is 12.1 Å². The van der Waals surface area contributed by atoms with E-state index in [1.807, 2.05) is 6.92 Å². The largest absolute Gasteiger partial charge is 0.480 e. The van der Waals surface area contributed by atoms with Crippen LogP contribution in [0.15, 0.2) is 18.2 Å². The smallest absolute Gasteiger partial charge is 0.326 e. The molecule has 0 heterocycles. The van der Waals surface area contributed by atoms with Gasteiger partial charge >= 0.3 is 5.97 Å². The highest BCUT2D eigenvalue weighted by Crippen LogP contribution is 2.18. The number of hydrogen-bond donors (Lipinski definition) is 2. The van der Waals surface area contributed by atoms with Gasteiger partial charge in [-0.25, -0.2) is 9.18 Å². The number of aliphatic carboxylic acids is 1. The lowest BCUT2D eigenvalue weighted by Gasteiger charge is -2.17. The number of unbranched alkanes of at least 4 members (excludes halogenated alkanes) is 1. The minimum Gasteiger partial charge on any atom is -0.480 e. The SMILES string of the molecule is CCCCC(Nc1ccc(F)cc1C)C(=O)O. The van der Waals surface area contributed by atoms with Crippen LogP contribution in [0.4, 0.5) is 10.1 Å². The molecule has 0 amide bonds. The fraction of sp³-hybridized carbons (Fsp3) is 0.462. The summed E-state index contributed by atoms with van der Waals surface area (Å²) < 4.78 is 12.9. The third-order valence-corrected chi connectivity index (χ3v) is 2.66. The van der Waals surface area contributed by atoms with Crippen LogP contribution in [0.1, 0.15) is 31.7 Å². The van der Waals surface area contributed by atoms with Crippen molar-refractivity contribution in [3.05, 3.63) is 29.6 Å². The number of aryl methyl sites for hydroxylation is 1. The molecular formula is C13H18FNO2. The highest BCUT2D eigenvalue weighted by molar-refractivity contribution is 5.77. The van der Waals surface area contributed by atoms with Gasteiger partial charge in [-0.05, 0) is 37.1 Å². The monoisotopic (exact) mass is 239 g/mol. The molecule has 0 aliphatic heterocycles. The van der Waals surface area contributed by atoms with Crippen LogP contribution in [0.5, 0.6) is 0 Å². The van der Waals surface area contributed by atoms with Crippen LogP contribution in [-0.4, -0.2) is 17.1 Å². The Labute approximate surface area is 101 Å². The average Bonchev–Trinajstić information content (AvgIpc) is 2.26. The highest BCUT2D eigenvalue weighted by Gasteiger charge is 2.17. The summed E-state index contributed by atoms with van der Waals surface area (Å²) in [6.07, 6.45) is 2.38. The molecule has 1 unspecified atom stereocenters. The third kappa shape index (κ3) is 4.06. The summed E-state index contributed by atoms with van der Waals surface area (Å²) in [5.41, 5.74) is 1.39. The van der Waals surface area contributed by atoms with Gasteiger partial charge in [0.05, 0.1) is 0 Å². The van der Waals surface area contributed by atoms with Gasteiger partial charge in [0.2, 0.25) is 0 Å². The van der Waals surface area contributed by atoms with Crippen LogP contribution in [0.3, 0.4) is 0 Å². The molecule has 0 saturated carbocycles. The summed E-state index contributed by atoms with van der Waals surface area (Å²) in [5.74, 6) is -1.18. The van der Waals surface area contributed by atoms with Gasteiger partial charge < -0.3 is 10.4 Å². The second-order valence-corrected chi connectivity index (χ2v) is 4.14. The van der Waals surface area contributed by atoms with Crippen molar-refractivity contribution >= 4 is 11.7 Å². The van der Waals surface area contributed by atoms with Crippen LogP contribution < -0.4 is 5.32 Å². The van der Waals surface area contributed by atoms with Gasteiger partial charge in [-0.15, -0.1) is 0 Å². The number of anilines is 1. The molecule has 0 aliphatic rings. The Morgan fingerprint density at radius 1 is 1.53 bits per heavy atom. The normalized spacial score (nSPS) is 12.2. The van der Waals surface area contributed by atoms with Crippen molar-refractivity contribution < 1.29 is 14.3 Å². The van der Waals surface area contributed by atoms with E-state index in [0.717, 1.165) is 12.8 Å². The predicted octanol–water partition coefficient (Wildman–Crippen LogP) is 3.19. The first-order valence-electron chi connectivity index (χ1n) is 5.80. The Balaban J connectivity index is 2.75. The number of benzene rings is 1. The van der Waals surface area contributed by atoms with Crippen LogP contribution in [0.2, 0.25) is 0 Å². The van der Waals surface area contributed by atoms with Crippen molar-refractivity contribution in [1.29, 1.82) is 0 Å². The summed E-state index contributed by atoms with van der Waals surface area (Å²) in [6, 6.07) is 3.68. The number of carbonyl (C=O) groups is 1. The maximum Gasteiger partial charge on any atom is 0.326 e. The molecule has 2 N–H and O–H groups in total. The fourth-order valence-electron chi connectivity index (χ4n) is 1.64. The molecule has 17 heavy (non-hydrogen) atoms. The van der Waals surface area contributed by atoms with Crippen molar-refractivity contribution in [3.63, 3.8) is 0 Å². The summed E-state index contributed by atoms with van der Waals surface area (Å²) in [4.78, 5) is 11.1. The maximum absolute atomic E-state index is 12.9. The van der Waals surface area contributed by atoms with Gasteiger partial charge in [0.1, 0.15) is 11.9 Å². The molecule has 94 valence electrons. The fourth-order valence-corrected chi connectivity index (χ4v) is 1.64. The molecule has 0 fully saturated rings. The van der Waals surface area contributed by atoms with Crippen molar-refractivity contribution in [2.75, 3.05) is 5.32 Å². The lowest BCUT2D eigenvalue weighted by atomic mass is 10.1. The topological polar surface area (TPSA) is 49.3 Å². The van der Waals surface area contributed by atoms with Crippen LogP contribution >= 0.6 is 0 Å². The number of nitrogens with one attached hydrogen (secondary N) is 1. The molecule has 0 saturated heterocycles. The second kappa shape index (κ2) is 6.23. The van der Waals surface area contributed by atoms with Crippen LogP contribution in [-0.2, 0) is 4.79 Å². The summed E-state index contributed by atoms with van der Waals surface area (Å²) in [5, 5.41) is 12.0. The van der Waals surface area contributed by atoms with Crippen LogP contribution in [0, 0.1) is 12.7 Å². The van der Waals surface area contributed by atoms with Gasteiger partial charge in [0, 0.05) is 5.69 Å². The lowest BCUT2D eigenvalue weighted by Crippen LogP contribution is -2.29. The summed E-state index contributed by atoms with van der Waals surface area (Å²) in [7, 11) is 0. The zero-order valence-corrected chi connectivity index (χ0v) is 10.2. The molecular weight excluding hydrogens is 221 g/mol. The number of rotatable bonds is 6. The molecule has 0 radical (unpaired) electrons. The van der Waals surface area contributed by atoms with Gasteiger partial charge in [-0.1, -0.05) is 19.8 Å². The summed E-state index contributed by atoms with van der Waals surface area (Å²) >= 11 is 0. The lowest BCUT2D eigenvalue weighted by molar-refractivity contribution is -0.138. The second-order valence-electron chi connectivity index (χ2n) is 4.14. The minimum absolute atomic E-state index is 0.312. The first kappa shape index (κ1) is 13.5. The van der Waals surface area contributed by atoms with E-state index in [4.69, 9.17) is 5.11 Å². The average molecular weight is 239 g/mol. The minimum atomic E-state index is -0.873. The van der Waals surface area contributed by atoms with E-state index >= 15 is 0 Å². The highest BCUT2D eigenvalue weighted by atomic mass is 19.1. The molecule has 1 atom stereocenters. The summed E-state index contributed by atoms with van der Waals surface area (Å²) in [6.45, 7) is 3.77. The van der Waals surface area contributed by atoms with Crippen molar-refractivity contribution in [2.24, 2.45) is 0 Å². The molecule has 1 rings (SSSR count). The van der Waals surface area contributed by atoms with E-state index in [9.17, 15) is 9.18 Å². The van der Waals surface area contributed by atoms with E-state index in [0.29, 0.717) is 17.7 Å². The number of carboxylic acids is 1. The molecule has 4 heteroatoms. The van der Waals surface area contributed by atoms with Gasteiger partial charge in [-0.3, -0.25) is 0 Å². The van der Waals surface area contributed by atoms with Crippen molar-refractivity contribution in [1.82, 2.24) is 0 Å². The molecule has 0 spiro atoms. The quantitative estimate of drug-likeness (QED) is 0.801. The van der Waals surface area contributed by atoms with E-state index in [-0.39, 0.29) is 5.82 Å². The van der Waals surface area contributed by atoms with Gasteiger partial charge in [0.25, 0.3) is 0 Å². The van der Waals surface area contributed by atoms with Gasteiger partial charge in [-0.2, -0.15) is 0 Å². The Kier molecular flexibility index (Phi) is 4.94. The zero-order valence-electron chi connectivity index (χ0n) is 10.2. The van der Waals surface area contributed by atoms with E-state index in [2.05, 4.69) is 5.32 Å². The zero-order chi connectivity index (χ0) is 12.8. The Morgan fingerprint density at radius 2 is 2.24 bits per heavy atom. The maximum atomic E-state index is 12.9. The Bertz CT molecular complexity index is 393. The predicted molar refractivity (Wildman–Crippen MR) is 65.7 cm³/mol. The Hall–Kier alpha value is -1.58. The van der Waals surface area contributed by atoms with Gasteiger partial charge in [0.15, 0.2) is 0 Å². The molecule has 1 aromatic carbocycles. The molecule has 0 bridgehead atoms. The molecule has 1 aromatic rings. The van der Waals surface area contributed by atoms with Crippen molar-refractivity contribution in [2.45, 2.75) is 39.2 Å². The molecule has 0 aromatic heterocycles. The van der Waals surface area contributed by atoms with Crippen LogP contribution in [0.25, 0.3) is 0 Å². The molecule has 0 aliphatic carbocycles. The number of carboxylic acid groups (broad SMARTS) is 1. The first-order chi connectivity index (χ1) is 8.04. The Morgan fingerprint density at radius 3 is 2.76 bits per heavy atom. The third-order valence-electron chi connectivity index (χ3n) is 2.66. The first-order valence-corrected chi connectivity index (χ1v) is 5.80.